The molecule has 32 heavy (non-hydrogen) atoms. The summed E-state index contributed by atoms with van der Waals surface area (Å²) < 4.78 is 38.3. The molecule has 2 rings (SSSR count). The summed E-state index contributed by atoms with van der Waals surface area (Å²) in [6.07, 6.45) is -0.553. The molecule has 8 nitrogen and oxygen atoms in total. The predicted molar refractivity (Wildman–Crippen MR) is 121 cm³/mol. The van der Waals surface area contributed by atoms with Crippen molar-refractivity contribution in [1.29, 1.82) is 0 Å². The molecule has 0 saturated heterocycles. The molecule has 0 aliphatic heterocycles. The summed E-state index contributed by atoms with van der Waals surface area (Å²) >= 11 is 0. The second-order valence-electron chi connectivity index (χ2n) is 8.68. The molecule has 0 aromatic heterocycles. The quantitative estimate of drug-likeness (QED) is 0.608. The van der Waals surface area contributed by atoms with Crippen LogP contribution in [0.15, 0.2) is 59.5 Å². The third-order valence-corrected chi connectivity index (χ3v) is 5.43. The molecular weight excluding hydrogens is 432 g/mol. The van der Waals surface area contributed by atoms with Crippen LogP contribution in [0, 0.1) is 5.92 Å². The standard InChI is InChI=1S/C23H30N2O6S/c1-16(2)15-20(24-22(27)31-23(3,4)5)21(26)25-32(28,29)19-13-11-18(12-14-19)30-17-9-7-6-8-10-17/h6-14,16,20H,15H2,1-5H3,(H,24,27)(H,25,26)/t20-/m0/s1. The topological polar surface area (TPSA) is 111 Å². The molecule has 1 atom stereocenters. The Balaban J connectivity index is 2.09. The average molecular weight is 463 g/mol. The second-order valence-corrected chi connectivity index (χ2v) is 10.4. The molecular formula is C23H30N2O6S. The van der Waals surface area contributed by atoms with E-state index in [1.807, 2.05) is 36.8 Å². The number of alkyl carbamates (subject to hydrolysis) is 1. The minimum Gasteiger partial charge on any atom is -0.457 e. The van der Waals surface area contributed by atoms with E-state index in [1.54, 1.807) is 32.9 Å². The molecule has 9 heteroatoms. The van der Waals surface area contributed by atoms with Crippen molar-refractivity contribution in [3.63, 3.8) is 0 Å². The summed E-state index contributed by atoms with van der Waals surface area (Å²) in [7, 11) is -4.15. The van der Waals surface area contributed by atoms with Crippen molar-refractivity contribution in [2.75, 3.05) is 0 Å². The molecule has 2 N–H and O–H groups in total. The van der Waals surface area contributed by atoms with Crippen molar-refractivity contribution in [3.8, 4) is 11.5 Å². The van der Waals surface area contributed by atoms with Gasteiger partial charge in [0.25, 0.3) is 15.9 Å². The van der Waals surface area contributed by atoms with Gasteiger partial charge in [-0.25, -0.2) is 17.9 Å². The summed E-state index contributed by atoms with van der Waals surface area (Å²) in [5.41, 5.74) is -0.751. The van der Waals surface area contributed by atoms with Gasteiger partial charge in [-0.15, -0.1) is 0 Å². The minimum absolute atomic E-state index is 0.0257. The Kier molecular flexibility index (Phi) is 8.26. The summed E-state index contributed by atoms with van der Waals surface area (Å²) in [6, 6.07) is 13.7. The average Bonchev–Trinajstić information content (AvgIpc) is 2.66. The Hall–Kier alpha value is -3.07. The molecule has 0 aliphatic rings. The Morgan fingerprint density at radius 3 is 2.03 bits per heavy atom. The fourth-order valence-electron chi connectivity index (χ4n) is 2.73. The SMILES string of the molecule is CC(C)C[C@H](NC(=O)OC(C)(C)C)C(=O)NS(=O)(=O)c1ccc(Oc2ccccc2)cc1. The van der Waals surface area contributed by atoms with Crippen molar-refractivity contribution >= 4 is 22.0 Å². The van der Waals surface area contributed by atoms with E-state index in [-0.39, 0.29) is 17.2 Å². The number of rotatable bonds is 8. The van der Waals surface area contributed by atoms with E-state index >= 15 is 0 Å². The zero-order valence-corrected chi connectivity index (χ0v) is 19.7. The van der Waals surface area contributed by atoms with Gasteiger partial charge < -0.3 is 14.8 Å². The highest BCUT2D eigenvalue weighted by molar-refractivity contribution is 7.90. The van der Waals surface area contributed by atoms with E-state index in [4.69, 9.17) is 9.47 Å². The highest BCUT2D eigenvalue weighted by Gasteiger charge is 2.28. The maximum absolute atomic E-state index is 12.7. The first-order chi connectivity index (χ1) is 14.9. The molecule has 0 fully saturated rings. The van der Waals surface area contributed by atoms with Crippen molar-refractivity contribution < 1.29 is 27.5 Å². The molecule has 0 saturated carbocycles. The van der Waals surface area contributed by atoms with Crippen molar-refractivity contribution in [3.05, 3.63) is 54.6 Å². The Morgan fingerprint density at radius 2 is 1.50 bits per heavy atom. The van der Waals surface area contributed by atoms with Gasteiger partial charge in [-0.05, 0) is 69.5 Å². The van der Waals surface area contributed by atoms with Crippen LogP contribution in [-0.4, -0.2) is 32.1 Å². The Labute approximate surface area is 189 Å². The number of benzene rings is 2. The number of carbonyl (C=O) groups is 2. The van der Waals surface area contributed by atoms with Crippen LogP contribution in [0.2, 0.25) is 0 Å². The first-order valence-corrected chi connectivity index (χ1v) is 11.7. The number of hydrogen-bond donors (Lipinski definition) is 2. The summed E-state index contributed by atoms with van der Waals surface area (Å²) in [5, 5.41) is 2.46. The first-order valence-electron chi connectivity index (χ1n) is 10.2. The Morgan fingerprint density at radius 1 is 0.938 bits per heavy atom. The zero-order valence-electron chi connectivity index (χ0n) is 18.9. The normalized spacial score (nSPS) is 12.7. The molecule has 0 bridgehead atoms. The second kappa shape index (κ2) is 10.5. The number of amides is 2. The fourth-order valence-corrected chi connectivity index (χ4v) is 3.75. The van der Waals surface area contributed by atoms with E-state index in [2.05, 4.69) is 5.32 Å². The minimum atomic E-state index is -4.15. The number of sulfonamides is 1. The summed E-state index contributed by atoms with van der Waals surface area (Å²) in [4.78, 5) is 24.7. The van der Waals surface area contributed by atoms with Crippen LogP contribution < -0.4 is 14.8 Å². The monoisotopic (exact) mass is 462 g/mol. The zero-order chi connectivity index (χ0) is 23.9. The summed E-state index contributed by atoms with van der Waals surface area (Å²) in [6.45, 7) is 8.80. The maximum atomic E-state index is 12.7. The van der Waals surface area contributed by atoms with Gasteiger partial charge in [0.05, 0.1) is 4.90 Å². The van der Waals surface area contributed by atoms with Crippen LogP contribution in [0.4, 0.5) is 4.79 Å². The number of ether oxygens (including phenoxy) is 2. The van der Waals surface area contributed by atoms with Gasteiger partial charge in [-0.1, -0.05) is 32.0 Å². The molecule has 0 heterocycles. The molecule has 174 valence electrons. The molecule has 0 unspecified atom stereocenters. The van der Waals surface area contributed by atoms with Crippen LogP contribution in [0.25, 0.3) is 0 Å². The van der Waals surface area contributed by atoms with Crippen LogP contribution in [-0.2, 0) is 19.6 Å². The van der Waals surface area contributed by atoms with Crippen molar-refractivity contribution in [1.82, 2.24) is 10.0 Å². The summed E-state index contributed by atoms with van der Waals surface area (Å²) in [5.74, 6) is 0.249. The molecule has 2 aromatic rings. The van der Waals surface area contributed by atoms with Crippen LogP contribution in [0.1, 0.15) is 41.0 Å². The first kappa shape index (κ1) is 25.2. The largest absolute Gasteiger partial charge is 0.457 e. The highest BCUT2D eigenvalue weighted by atomic mass is 32.2. The maximum Gasteiger partial charge on any atom is 0.408 e. The van der Waals surface area contributed by atoms with Gasteiger partial charge in [0.2, 0.25) is 0 Å². The smallest absolute Gasteiger partial charge is 0.408 e. The molecule has 0 spiro atoms. The number of hydrogen-bond acceptors (Lipinski definition) is 6. The van der Waals surface area contributed by atoms with Gasteiger partial charge in [-0.3, -0.25) is 4.79 Å². The van der Waals surface area contributed by atoms with Gasteiger partial charge >= 0.3 is 6.09 Å². The lowest BCUT2D eigenvalue weighted by atomic mass is 10.0. The van der Waals surface area contributed by atoms with E-state index in [0.29, 0.717) is 11.5 Å². The van der Waals surface area contributed by atoms with Gasteiger partial charge in [-0.2, -0.15) is 0 Å². The predicted octanol–water partition coefficient (Wildman–Crippen LogP) is 4.22. The highest BCUT2D eigenvalue weighted by Crippen LogP contribution is 2.22. The van der Waals surface area contributed by atoms with Gasteiger partial charge in [0.1, 0.15) is 23.1 Å². The van der Waals surface area contributed by atoms with Gasteiger partial charge in [0, 0.05) is 0 Å². The van der Waals surface area contributed by atoms with Crippen molar-refractivity contribution in [2.24, 2.45) is 5.92 Å². The van der Waals surface area contributed by atoms with Crippen LogP contribution in [0.5, 0.6) is 11.5 Å². The van der Waals surface area contributed by atoms with E-state index in [9.17, 15) is 18.0 Å². The van der Waals surface area contributed by atoms with E-state index in [1.165, 1.54) is 24.3 Å². The number of para-hydroxylation sites is 1. The fraction of sp³-hybridized carbons (Fsp3) is 0.391. The van der Waals surface area contributed by atoms with E-state index < -0.39 is 33.7 Å². The van der Waals surface area contributed by atoms with Gasteiger partial charge in [0.15, 0.2) is 0 Å². The van der Waals surface area contributed by atoms with E-state index in [0.717, 1.165) is 0 Å². The number of carbonyl (C=O) groups excluding carboxylic acids is 2. The molecule has 0 aliphatic carbocycles. The van der Waals surface area contributed by atoms with Crippen LogP contribution >= 0.6 is 0 Å². The van der Waals surface area contributed by atoms with Crippen molar-refractivity contribution in [2.45, 2.75) is 57.6 Å². The lowest BCUT2D eigenvalue weighted by molar-refractivity contribution is -0.121. The number of nitrogens with one attached hydrogen (secondary N) is 2. The van der Waals surface area contributed by atoms with Crippen LogP contribution in [0.3, 0.4) is 0 Å². The third-order valence-electron chi connectivity index (χ3n) is 4.06. The third kappa shape index (κ3) is 8.22. The molecule has 2 aromatic carbocycles. The molecule has 2 amide bonds. The Bertz CT molecular complexity index is 1010. The molecule has 0 radical (unpaired) electrons. The lowest BCUT2D eigenvalue weighted by Crippen LogP contribution is -2.50. The lowest BCUT2D eigenvalue weighted by Gasteiger charge is -2.24.